The van der Waals surface area contributed by atoms with E-state index >= 15 is 0 Å². The van der Waals surface area contributed by atoms with Crippen molar-refractivity contribution in [2.75, 3.05) is 4.90 Å². The van der Waals surface area contributed by atoms with E-state index in [1.165, 1.54) is 77.5 Å². The topological polar surface area (TPSA) is 12.5 Å². The van der Waals surface area contributed by atoms with Crippen LogP contribution in [0.5, 0.6) is 11.5 Å². The van der Waals surface area contributed by atoms with Crippen molar-refractivity contribution in [3.05, 3.63) is 234 Å². The summed E-state index contributed by atoms with van der Waals surface area (Å²) < 4.78 is 6.79. The lowest BCUT2D eigenvalue weighted by Crippen LogP contribution is -2.32. The van der Waals surface area contributed by atoms with Gasteiger partial charge in [0.05, 0.1) is 5.41 Å². The van der Waals surface area contributed by atoms with Gasteiger partial charge in [-0.15, -0.1) is 0 Å². The lowest BCUT2D eigenvalue weighted by Gasteiger charge is -2.39. The Hall–Kier alpha value is -7.16. The van der Waals surface area contributed by atoms with Crippen molar-refractivity contribution in [1.82, 2.24) is 0 Å². The molecule has 9 aromatic rings. The van der Waals surface area contributed by atoms with Crippen molar-refractivity contribution in [2.24, 2.45) is 0 Å². The van der Waals surface area contributed by atoms with Gasteiger partial charge in [0.2, 0.25) is 0 Å². The Morgan fingerprint density at radius 3 is 1.69 bits per heavy atom. The van der Waals surface area contributed by atoms with E-state index < -0.39 is 5.41 Å². The zero-order valence-corrected chi connectivity index (χ0v) is 32.4. The lowest BCUT2D eigenvalue weighted by atomic mass is 9.66. The monoisotopic (exact) mass is 741 g/mol. The summed E-state index contributed by atoms with van der Waals surface area (Å²) in [6.07, 6.45) is 0. The summed E-state index contributed by atoms with van der Waals surface area (Å²) >= 11 is 0. The third-order valence-corrected chi connectivity index (χ3v) is 13.1. The van der Waals surface area contributed by atoms with Crippen LogP contribution in [0.3, 0.4) is 0 Å². The van der Waals surface area contributed by atoms with E-state index in [1.807, 2.05) is 0 Å². The fourth-order valence-corrected chi connectivity index (χ4v) is 10.4. The Labute approximate surface area is 339 Å². The predicted molar refractivity (Wildman–Crippen MR) is 239 cm³/mol. The largest absolute Gasteiger partial charge is 0.457 e. The molecule has 3 aliphatic rings. The first-order valence-corrected chi connectivity index (χ1v) is 20.3. The SMILES string of the molecule is CC1(C)c2ccccc2-c2ccc(N(c3ccc(-c4ccccc4)cc3)c3ccc4c(c3)-c3ccccc3C43c4ccccc4Oc4cc5ccccc5cc43)cc21. The number of anilines is 3. The highest BCUT2D eigenvalue weighted by Gasteiger charge is 2.51. The molecule has 2 nitrogen and oxygen atoms in total. The Bertz CT molecular complexity index is 3120. The molecule has 0 aromatic heterocycles. The molecule has 1 heterocycles. The van der Waals surface area contributed by atoms with Crippen molar-refractivity contribution in [1.29, 1.82) is 0 Å². The molecule has 0 amide bonds. The number of fused-ring (bicyclic) bond motifs is 13. The molecule has 1 spiro atoms. The molecular weight excluding hydrogens is 703 g/mol. The van der Waals surface area contributed by atoms with Crippen molar-refractivity contribution in [3.8, 4) is 44.9 Å². The zero-order valence-electron chi connectivity index (χ0n) is 32.4. The van der Waals surface area contributed by atoms with Gasteiger partial charge in [0.15, 0.2) is 0 Å². The van der Waals surface area contributed by atoms with E-state index in [0.717, 1.165) is 28.6 Å². The summed E-state index contributed by atoms with van der Waals surface area (Å²) in [5.74, 6) is 1.81. The minimum Gasteiger partial charge on any atom is -0.457 e. The number of benzene rings is 9. The van der Waals surface area contributed by atoms with Gasteiger partial charge in [-0.3, -0.25) is 0 Å². The molecular formula is C56H39NO. The van der Waals surface area contributed by atoms with E-state index in [-0.39, 0.29) is 5.41 Å². The number of hydrogen-bond acceptors (Lipinski definition) is 2. The van der Waals surface area contributed by atoms with Gasteiger partial charge in [0, 0.05) is 33.6 Å². The van der Waals surface area contributed by atoms with Crippen molar-refractivity contribution in [3.63, 3.8) is 0 Å². The highest BCUT2D eigenvalue weighted by atomic mass is 16.5. The summed E-state index contributed by atoms with van der Waals surface area (Å²) in [6.45, 7) is 4.72. The Kier molecular flexibility index (Phi) is 6.93. The van der Waals surface area contributed by atoms with Crippen LogP contribution in [0.1, 0.15) is 47.2 Å². The van der Waals surface area contributed by atoms with Gasteiger partial charge in [0.1, 0.15) is 11.5 Å². The molecule has 58 heavy (non-hydrogen) atoms. The van der Waals surface area contributed by atoms with Crippen LogP contribution < -0.4 is 9.64 Å². The molecule has 0 radical (unpaired) electrons. The van der Waals surface area contributed by atoms with Crippen molar-refractivity contribution < 1.29 is 4.74 Å². The number of nitrogens with zero attached hydrogens (tertiary/aromatic N) is 1. The minimum atomic E-state index is -0.551. The molecule has 1 unspecified atom stereocenters. The Morgan fingerprint density at radius 2 is 0.897 bits per heavy atom. The number of hydrogen-bond donors (Lipinski definition) is 0. The summed E-state index contributed by atoms with van der Waals surface area (Å²) in [5.41, 5.74) is 17.9. The third kappa shape index (κ3) is 4.54. The first-order chi connectivity index (χ1) is 28.5. The number of ether oxygens (including phenoxy) is 1. The highest BCUT2D eigenvalue weighted by molar-refractivity contribution is 5.95. The fraction of sp³-hybridized carbons (Fsp3) is 0.0714. The van der Waals surface area contributed by atoms with Crippen LogP contribution in [-0.2, 0) is 10.8 Å². The van der Waals surface area contributed by atoms with E-state index in [9.17, 15) is 0 Å². The molecule has 2 heteroatoms. The second kappa shape index (κ2) is 12.2. The molecule has 9 aromatic carbocycles. The summed E-state index contributed by atoms with van der Waals surface area (Å²) in [6, 6.07) is 73.6. The zero-order chi connectivity index (χ0) is 38.6. The van der Waals surface area contributed by atoms with Gasteiger partial charge in [-0.25, -0.2) is 0 Å². The second-order valence-electron chi connectivity index (χ2n) is 16.5. The number of para-hydroxylation sites is 1. The first-order valence-electron chi connectivity index (χ1n) is 20.3. The van der Waals surface area contributed by atoms with Crippen LogP contribution >= 0.6 is 0 Å². The van der Waals surface area contributed by atoms with Gasteiger partial charge in [-0.1, -0.05) is 159 Å². The van der Waals surface area contributed by atoms with Gasteiger partial charge in [-0.05, 0) is 121 Å². The lowest BCUT2D eigenvalue weighted by molar-refractivity contribution is 0.437. The molecule has 2 aliphatic carbocycles. The fourth-order valence-electron chi connectivity index (χ4n) is 10.4. The maximum atomic E-state index is 6.79. The van der Waals surface area contributed by atoms with Crippen molar-refractivity contribution >= 4 is 27.8 Å². The molecule has 0 saturated carbocycles. The van der Waals surface area contributed by atoms with Crippen LogP contribution in [0.4, 0.5) is 17.1 Å². The predicted octanol–water partition coefficient (Wildman–Crippen LogP) is 14.8. The van der Waals surface area contributed by atoms with Gasteiger partial charge in [0.25, 0.3) is 0 Å². The van der Waals surface area contributed by atoms with E-state index in [4.69, 9.17) is 4.74 Å². The molecule has 0 N–H and O–H groups in total. The first kappa shape index (κ1) is 33.0. The van der Waals surface area contributed by atoms with Crippen LogP contribution in [0.15, 0.2) is 200 Å². The molecule has 1 aliphatic heterocycles. The highest BCUT2D eigenvalue weighted by Crippen LogP contribution is 2.63. The smallest absolute Gasteiger partial charge is 0.132 e. The second-order valence-corrected chi connectivity index (χ2v) is 16.5. The van der Waals surface area contributed by atoms with E-state index in [1.54, 1.807) is 0 Å². The third-order valence-electron chi connectivity index (χ3n) is 13.1. The number of rotatable bonds is 4. The average Bonchev–Trinajstić information content (AvgIpc) is 3.69. The molecule has 12 rings (SSSR count). The standard InChI is InChI=1S/C56H39NO/c1-55(2)47-20-10-8-18-43(47)45-30-28-42(35-51(45)55)57(40-26-24-37(25-27-40)36-14-4-3-5-15-36)41-29-31-49-46(34-41)44-19-9-11-21-48(44)56(49)50-22-12-13-23-53(50)58-54-33-39-17-7-6-16-38(39)32-52(54)56/h3-35H,1-2H3. The van der Waals surface area contributed by atoms with Gasteiger partial charge >= 0.3 is 0 Å². The van der Waals surface area contributed by atoms with Crippen LogP contribution in [0.25, 0.3) is 44.2 Å². The molecule has 0 bridgehead atoms. The molecule has 274 valence electrons. The quantitative estimate of drug-likeness (QED) is 0.178. The molecule has 0 fully saturated rings. The Balaban J connectivity index is 1.09. The normalized spacial score (nSPS) is 16.1. The van der Waals surface area contributed by atoms with Crippen LogP contribution in [-0.4, -0.2) is 0 Å². The van der Waals surface area contributed by atoms with Crippen molar-refractivity contribution in [2.45, 2.75) is 24.7 Å². The molecule has 1 atom stereocenters. The van der Waals surface area contributed by atoms with Gasteiger partial charge < -0.3 is 9.64 Å². The summed E-state index contributed by atoms with van der Waals surface area (Å²) in [7, 11) is 0. The maximum Gasteiger partial charge on any atom is 0.132 e. The van der Waals surface area contributed by atoms with Gasteiger partial charge in [-0.2, -0.15) is 0 Å². The Morgan fingerprint density at radius 1 is 0.345 bits per heavy atom. The van der Waals surface area contributed by atoms with Crippen LogP contribution in [0, 0.1) is 0 Å². The molecule has 0 saturated heterocycles. The summed E-state index contributed by atoms with van der Waals surface area (Å²) in [5, 5.41) is 2.38. The van der Waals surface area contributed by atoms with E-state index in [0.29, 0.717) is 0 Å². The summed E-state index contributed by atoms with van der Waals surface area (Å²) in [4.78, 5) is 2.45. The minimum absolute atomic E-state index is 0.123. The van der Waals surface area contributed by atoms with E-state index in [2.05, 4.69) is 219 Å². The van der Waals surface area contributed by atoms with Crippen LogP contribution in [0.2, 0.25) is 0 Å². The average molecular weight is 742 g/mol. The maximum absolute atomic E-state index is 6.79.